The molecule has 0 bridgehead atoms. The summed E-state index contributed by atoms with van der Waals surface area (Å²) < 4.78 is 13.5. The lowest BCUT2D eigenvalue weighted by atomic mass is 10.2. The molecule has 0 unspecified atom stereocenters. The van der Waals surface area contributed by atoms with Gasteiger partial charge in [-0.15, -0.1) is 11.3 Å². The van der Waals surface area contributed by atoms with Gasteiger partial charge in [-0.1, -0.05) is 18.9 Å². The summed E-state index contributed by atoms with van der Waals surface area (Å²) in [6, 6.07) is 4.51. The van der Waals surface area contributed by atoms with Crippen LogP contribution < -0.4 is 16.0 Å². The molecule has 3 rings (SSSR count). The van der Waals surface area contributed by atoms with Gasteiger partial charge >= 0.3 is 6.03 Å². The summed E-state index contributed by atoms with van der Waals surface area (Å²) in [6.45, 7) is 1.66. The van der Waals surface area contributed by atoms with Crippen LogP contribution in [-0.2, 0) is 11.2 Å². The topological polar surface area (TPSA) is 83.1 Å². The molecule has 26 heavy (non-hydrogen) atoms. The zero-order valence-corrected chi connectivity index (χ0v) is 15.3. The molecule has 2 aromatic rings. The van der Waals surface area contributed by atoms with Gasteiger partial charge in [-0.3, -0.25) is 10.1 Å². The van der Waals surface area contributed by atoms with Crippen molar-refractivity contribution in [3.8, 4) is 0 Å². The highest BCUT2D eigenvalue weighted by atomic mass is 32.1. The van der Waals surface area contributed by atoms with E-state index in [4.69, 9.17) is 0 Å². The van der Waals surface area contributed by atoms with E-state index in [1.54, 1.807) is 24.4 Å². The molecule has 3 amide bonds. The molecular weight excluding hydrogens is 355 g/mol. The first-order valence-electron chi connectivity index (χ1n) is 8.57. The number of anilines is 2. The van der Waals surface area contributed by atoms with Gasteiger partial charge in [-0.05, 0) is 37.5 Å². The highest BCUT2D eigenvalue weighted by Gasteiger charge is 2.18. The van der Waals surface area contributed by atoms with E-state index in [1.807, 2.05) is 0 Å². The summed E-state index contributed by atoms with van der Waals surface area (Å²) in [5.74, 6) is -0.656. The number of nitrogens with zero attached hydrogens (tertiary/aromatic N) is 1. The number of nitrogens with one attached hydrogen (secondary N) is 3. The SMILES string of the molecule is Cc1ccc(NC(=O)Cc2csc(NC(=O)NC3CCCC3)n2)cc1F. The Balaban J connectivity index is 1.50. The fourth-order valence-electron chi connectivity index (χ4n) is 2.87. The van der Waals surface area contributed by atoms with Crippen LogP contribution in [-0.4, -0.2) is 23.0 Å². The third kappa shape index (κ3) is 5.01. The van der Waals surface area contributed by atoms with Crippen molar-refractivity contribution in [3.05, 3.63) is 40.7 Å². The summed E-state index contributed by atoms with van der Waals surface area (Å²) in [7, 11) is 0. The number of carbonyl (C=O) groups is 2. The standard InChI is InChI=1S/C18H21FN4O2S/c1-11-6-7-13(8-15(11)19)20-16(24)9-14-10-26-18(22-14)23-17(25)21-12-4-2-3-5-12/h6-8,10,12H,2-5,9H2,1H3,(H,20,24)(H2,21,22,23,25). The smallest absolute Gasteiger partial charge is 0.321 e. The summed E-state index contributed by atoms with van der Waals surface area (Å²) >= 11 is 1.27. The van der Waals surface area contributed by atoms with Crippen molar-refractivity contribution in [1.29, 1.82) is 0 Å². The average Bonchev–Trinajstić information content (AvgIpc) is 3.23. The summed E-state index contributed by atoms with van der Waals surface area (Å²) in [4.78, 5) is 28.3. The molecule has 0 radical (unpaired) electrons. The van der Waals surface area contributed by atoms with E-state index in [0.29, 0.717) is 22.1 Å². The monoisotopic (exact) mass is 376 g/mol. The maximum atomic E-state index is 13.5. The molecule has 6 nitrogen and oxygen atoms in total. The van der Waals surface area contributed by atoms with Crippen molar-refractivity contribution < 1.29 is 14.0 Å². The van der Waals surface area contributed by atoms with Gasteiger partial charge in [0.05, 0.1) is 12.1 Å². The number of hydrogen-bond donors (Lipinski definition) is 3. The van der Waals surface area contributed by atoms with Gasteiger partial charge in [-0.25, -0.2) is 14.2 Å². The molecule has 0 spiro atoms. The Labute approximate surface area is 155 Å². The summed E-state index contributed by atoms with van der Waals surface area (Å²) in [5, 5.41) is 10.4. The number of aromatic nitrogens is 1. The first-order valence-corrected chi connectivity index (χ1v) is 9.45. The molecule has 1 heterocycles. The number of urea groups is 1. The van der Waals surface area contributed by atoms with Crippen LogP contribution in [0.1, 0.15) is 36.9 Å². The number of rotatable bonds is 5. The van der Waals surface area contributed by atoms with Crippen LogP contribution in [0.3, 0.4) is 0 Å². The van der Waals surface area contributed by atoms with Gasteiger partial charge in [0.1, 0.15) is 5.82 Å². The van der Waals surface area contributed by atoms with Crippen molar-refractivity contribution in [2.45, 2.75) is 45.1 Å². The fraction of sp³-hybridized carbons (Fsp3) is 0.389. The van der Waals surface area contributed by atoms with Crippen molar-refractivity contribution in [1.82, 2.24) is 10.3 Å². The molecule has 1 fully saturated rings. The minimum atomic E-state index is -0.365. The number of thiazole rings is 1. The Morgan fingerprint density at radius 2 is 2.04 bits per heavy atom. The number of carbonyl (C=O) groups excluding carboxylic acids is 2. The van der Waals surface area contributed by atoms with Crippen LogP contribution in [0.25, 0.3) is 0 Å². The first-order chi connectivity index (χ1) is 12.5. The number of hydrogen-bond acceptors (Lipinski definition) is 4. The minimum Gasteiger partial charge on any atom is -0.335 e. The molecule has 1 aromatic heterocycles. The van der Waals surface area contributed by atoms with Crippen LogP contribution in [0.15, 0.2) is 23.6 Å². The molecule has 0 saturated heterocycles. The van der Waals surface area contributed by atoms with Crippen LogP contribution >= 0.6 is 11.3 Å². The van der Waals surface area contributed by atoms with E-state index in [-0.39, 0.29) is 30.2 Å². The highest BCUT2D eigenvalue weighted by molar-refractivity contribution is 7.13. The predicted molar refractivity (Wildman–Crippen MR) is 100.0 cm³/mol. The second-order valence-corrected chi connectivity index (χ2v) is 7.27. The molecule has 138 valence electrons. The Bertz CT molecular complexity index is 802. The van der Waals surface area contributed by atoms with Crippen LogP contribution in [0.2, 0.25) is 0 Å². The van der Waals surface area contributed by atoms with Crippen molar-refractivity contribution in [2.75, 3.05) is 10.6 Å². The third-order valence-corrected chi connectivity index (χ3v) is 5.07. The number of aryl methyl sites for hydroxylation is 1. The second-order valence-electron chi connectivity index (χ2n) is 6.41. The number of amides is 3. The van der Waals surface area contributed by atoms with Gasteiger partial charge in [0.25, 0.3) is 0 Å². The highest BCUT2D eigenvalue weighted by Crippen LogP contribution is 2.19. The quantitative estimate of drug-likeness (QED) is 0.741. The fourth-order valence-corrected chi connectivity index (χ4v) is 3.58. The summed E-state index contributed by atoms with van der Waals surface area (Å²) in [6.07, 6.45) is 4.36. The Kier molecular flexibility index (Phi) is 5.82. The van der Waals surface area contributed by atoms with E-state index in [1.165, 1.54) is 17.4 Å². The molecule has 1 aromatic carbocycles. The van der Waals surface area contributed by atoms with E-state index in [9.17, 15) is 14.0 Å². The molecule has 3 N–H and O–H groups in total. The lowest BCUT2D eigenvalue weighted by Crippen LogP contribution is -2.36. The van der Waals surface area contributed by atoms with Gasteiger partial charge in [-0.2, -0.15) is 0 Å². The zero-order chi connectivity index (χ0) is 18.5. The van der Waals surface area contributed by atoms with Gasteiger partial charge in [0.2, 0.25) is 5.91 Å². The Hall–Kier alpha value is -2.48. The van der Waals surface area contributed by atoms with E-state index in [2.05, 4.69) is 20.9 Å². The lowest BCUT2D eigenvalue weighted by Gasteiger charge is -2.11. The van der Waals surface area contributed by atoms with E-state index >= 15 is 0 Å². The number of halogens is 1. The third-order valence-electron chi connectivity index (χ3n) is 4.26. The first kappa shape index (κ1) is 18.3. The Morgan fingerprint density at radius 1 is 1.27 bits per heavy atom. The zero-order valence-electron chi connectivity index (χ0n) is 14.5. The molecular formula is C18H21FN4O2S. The number of benzene rings is 1. The van der Waals surface area contributed by atoms with Crippen LogP contribution in [0, 0.1) is 12.7 Å². The molecule has 0 atom stereocenters. The van der Waals surface area contributed by atoms with E-state index in [0.717, 1.165) is 25.7 Å². The van der Waals surface area contributed by atoms with Gasteiger partial charge in [0.15, 0.2) is 5.13 Å². The Morgan fingerprint density at radius 3 is 2.77 bits per heavy atom. The predicted octanol–water partition coefficient (Wildman–Crippen LogP) is 3.84. The van der Waals surface area contributed by atoms with Gasteiger partial charge < -0.3 is 10.6 Å². The second kappa shape index (κ2) is 8.27. The van der Waals surface area contributed by atoms with Crippen molar-refractivity contribution in [2.24, 2.45) is 0 Å². The molecule has 1 aliphatic rings. The molecule has 8 heteroatoms. The largest absolute Gasteiger partial charge is 0.335 e. The molecule has 0 aliphatic heterocycles. The average molecular weight is 376 g/mol. The molecule has 1 saturated carbocycles. The lowest BCUT2D eigenvalue weighted by molar-refractivity contribution is -0.115. The van der Waals surface area contributed by atoms with Crippen LogP contribution in [0.5, 0.6) is 0 Å². The summed E-state index contributed by atoms with van der Waals surface area (Å²) in [5.41, 5.74) is 1.48. The van der Waals surface area contributed by atoms with Crippen molar-refractivity contribution >= 4 is 34.1 Å². The molecule has 1 aliphatic carbocycles. The van der Waals surface area contributed by atoms with Crippen molar-refractivity contribution in [3.63, 3.8) is 0 Å². The van der Waals surface area contributed by atoms with Gasteiger partial charge in [0, 0.05) is 17.1 Å². The maximum Gasteiger partial charge on any atom is 0.321 e. The van der Waals surface area contributed by atoms with E-state index < -0.39 is 0 Å². The minimum absolute atomic E-state index is 0.0535. The van der Waals surface area contributed by atoms with Crippen LogP contribution in [0.4, 0.5) is 20.0 Å². The maximum absolute atomic E-state index is 13.5. The normalized spacial score (nSPS) is 14.2.